The maximum absolute atomic E-state index is 12.0. The summed E-state index contributed by atoms with van der Waals surface area (Å²) in [6.07, 6.45) is 8.06. The predicted octanol–water partition coefficient (Wildman–Crippen LogP) is 3.36. The van der Waals surface area contributed by atoms with Crippen molar-refractivity contribution in [2.45, 2.75) is 63.3 Å². The van der Waals surface area contributed by atoms with Gasteiger partial charge in [-0.25, -0.2) is 4.99 Å². The number of methoxy groups -OCH3 is 2. The zero-order valence-electron chi connectivity index (χ0n) is 19.0. The molecule has 0 radical (unpaired) electrons. The van der Waals surface area contributed by atoms with Gasteiger partial charge >= 0.3 is 0 Å². The third kappa shape index (κ3) is 7.15. The zero-order valence-corrected chi connectivity index (χ0v) is 21.3. The summed E-state index contributed by atoms with van der Waals surface area (Å²) in [5, 5.41) is 9.76. The molecule has 31 heavy (non-hydrogen) atoms. The highest BCUT2D eigenvalue weighted by Gasteiger charge is 2.35. The van der Waals surface area contributed by atoms with E-state index >= 15 is 0 Å². The Morgan fingerprint density at radius 1 is 1.10 bits per heavy atom. The molecule has 8 heteroatoms. The van der Waals surface area contributed by atoms with E-state index in [2.05, 4.69) is 33.1 Å². The van der Waals surface area contributed by atoms with Gasteiger partial charge in [0, 0.05) is 24.5 Å². The van der Waals surface area contributed by atoms with Crippen molar-refractivity contribution in [2.75, 3.05) is 33.9 Å². The Kier molecular flexibility index (Phi) is 10.2. The van der Waals surface area contributed by atoms with Crippen LogP contribution in [0.15, 0.2) is 23.2 Å². The summed E-state index contributed by atoms with van der Waals surface area (Å²) in [7, 11) is 3.34. The summed E-state index contributed by atoms with van der Waals surface area (Å²) in [6, 6.07) is 6.62. The minimum atomic E-state index is -0.0121. The van der Waals surface area contributed by atoms with Crippen LogP contribution in [0.3, 0.4) is 0 Å². The summed E-state index contributed by atoms with van der Waals surface area (Å²) in [5.41, 5.74) is 1.26. The van der Waals surface area contributed by atoms with E-state index in [1.54, 1.807) is 14.2 Å². The van der Waals surface area contributed by atoms with Crippen LogP contribution in [0.4, 0.5) is 0 Å². The monoisotopic (exact) mass is 544 g/mol. The van der Waals surface area contributed by atoms with Crippen LogP contribution in [0.1, 0.15) is 57.4 Å². The Balaban J connectivity index is 0.00000341. The smallest absolute Gasteiger partial charge is 0.242 e. The first-order chi connectivity index (χ1) is 14.6. The molecule has 1 amide bonds. The molecule has 0 unspecified atom stereocenters. The van der Waals surface area contributed by atoms with Gasteiger partial charge in [-0.05, 0) is 50.3 Å². The van der Waals surface area contributed by atoms with Crippen LogP contribution in [0.5, 0.6) is 11.5 Å². The number of rotatable bonds is 9. The van der Waals surface area contributed by atoms with Crippen molar-refractivity contribution in [1.29, 1.82) is 0 Å². The quantitative estimate of drug-likeness (QED) is 0.252. The van der Waals surface area contributed by atoms with Crippen LogP contribution in [0.2, 0.25) is 0 Å². The lowest BCUT2D eigenvalue weighted by molar-refractivity contribution is -0.119. The van der Waals surface area contributed by atoms with E-state index in [4.69, 9.17) is 9.47 Å². The first kappa shape index (κ1) is 25.5. The molecule has 2 fully saturated rings. The number of ether oxygens (including phenoxy) is 2. The van der Waals surface area contributed by atoms with Crippen LogP contribution in [-0.4, -0.2) is 51.8 Å². The molecule has 0 atom stereocenters. The van der Waals surface area contributed by atoms with E-state index in [-0.39, 0.29) is 41.8 Å². The minimum absolute atomic E-state index is 0. The van der Waals surface area contributed by atoms with Crippen LogP contribution in [-0.2, 0) is 10.2 Å². The Morgan fingerprint density at radius 2 is 1.81 bits per heavy atom. The second-order valence-corrected chi connectivity index (χ2v) is 8.30. The molecule has 0 aromatic heterocycles. The molecule has 3 N–H and O–H groups in total. The fraction of sp³-hybridized carbons (Fsp3) is 0.652. The number of halogens is 1. The molecule has 0 aliphatic heterocycles. The zero-order chi connectivity index (χ0) is 21.4. The molecule has 0 heterocycles. The predicted molar refractivity (Wildman–Crippen MR) is 135 cm³/mol. The van der Waals surface area contributed by atoms with Gasteiger partial charge in [-0.2, -0.15) is 0 Å². The van der Waals surface area contributed by atoms with Gasteiger partial charge in [-0.3, -0.25) is 4.79 Å². The maximum Gasteiger partial charge on any atom is 0.242 e. The molecule has 3 rings (SSSR count). The number of amides is 1. The highest BCUT2D eigenvalue weighted by molar-refractivity contribution is 14.0. The molecule has 0 bridgehead atoms. The summed E-state index contributed by atoms with van der Waals surface area (Å²) in [5.74, 6) is 2.19. The van der Waals surface area contributed by atoms with E-state index < -0.39 is 0 Å². The number of carbonyl (C=O) groups excluding carboxylic acids is 1. The van der Waals surface area contributed by atoms with Gasteiger partial charge < -0.3 is 25.4 Å². The van der Waals surface area contributed by atoms with Crippen molar-refractivity contribution in [3.8, 4) is 11.5 Å². The lowest BCUT2D eigenvalue weighted by Gasteiger charge is -2.38. The van der Waals surface area contributed by atoms with Crippen molar-refractivity contribution in [3.63, 3.8) is 0 Å². The fourth-order valence-corrected chi connectivity index (χ4v) is 4.21. The molecule has 1 aromatic rings. The average Bonchev–Trinajstić information content (AvgIpc) is 3.59. The number of nitrogens with one attached hydrogen (secondary N) is 3. The number of aliphatic imine (C=N–C) groups is 1. The Morgan fingerprint density at radius 3 is 2.42 bits per heavy atom. The largest absolute Gasteiger partial charge is 0.493 e. The molecule has 2 aliphatic rings. The number of hydrogen-bond donors (Lipinski definition) is 3. The van der Waals surface area contributed by atoms with Crippen molar-refractivity contribution in [3.05, 3.63) is 23.8 Å². The third-order valence-electron chi connectivity index (χ3n) is 6.07. The van der Waals surface area contributed by atoms with E-state index in [0.29, 0.717) is 12.0 Å². The Labute approximate surface area is 203 Å². The van der Waals surface area contributed by atoms with Gasteiger partial charge in [-0.15, -0.1) is 24.0 Å². The van der Waals surface area contributed by atoms with Gasteiger partial charge in [0.1, 0.15) is 6.54 Å². The molecule has 0 spiro atoms. The molecule has 7 nitrogen and oxygen atoms in total. The van der Waals surface area contributed by atoms with Gasteiger partial charge in [-0.1, -0.05) is 25.3 Å². The highest BCUT2D eigenvalue weighted by atomic mass is 127. The van der Waals surface area contributed by atoms with Crippen molar-refractivity contribution in [2.24, 2.45) is 4.99 Å². The third-order valence-corrected chi connectivity index (χ3v) is 6.07. The molecule has 2 aliphatic carbocycles. The minimum Gasteiger partial charge on any atom is -0.493 e. The maximum atomic E-state index is 12.0. The average molecular weight is 544 g/mol. The SMILES string of the molecule is CCNC(=NCC(=O)NC1CC1)NCC1(c2ccc(OC)c(OC)c2)CCCCC1.I. The molecule has 2 saturated carbocycles. The van der Waals surface area contributed by atoms with Gasteiger partial charge in [0.15, 0.2) is 17.5 Å². The summed E-state index contributed by atoms with van der Waals surface area (Å²) in [4.78, 5) is 16.5. The van der Waals surface area contributed by atoms with Gasteiger partial charge in [0.2, 0.25) is 5.91 Å². The number of nitrogens with zero attached hydrogens (tertiary/aromatic N) is 1. The standard InChI is InChI=1S/C23H36N4O3.HI/c1-4-24-22(25-15-21(28)27-18-9-10-18)26-16-23(12-6-5-7-13-23)17-8-11-19(29-2)20(14-17)30-3;/h8,11,14,18H,4-7,9-10,12-13,15-16H2,1-3H3,(H,27,28)(H2,24,25,26);1H. The molecular formula is C23H37IN4O3. The Bertz CT molecular complexity index is 746. The normalized spacial score (nSPS) is 17.8. The second-order valence-electron chi connectivity index (χ2n) is 8.30. The lowest BCUT2D eigenvalue weighted by Crippen LogP contribution is -2.47. The second kappa shape index (κ2) is 12.4. The fourth-order valence-electron chi connectivity index (χ4n) is 4.21. The molecule has 174 valence electrons. The van der Waals surface area contributed by atoms with Gasteiger partial charge in [0.05, 0.1) is 14.2 Å². The first-order valence-electron chi connectivity index (χ1n) is 11.1. The van der Waals surface area contributed by atoms with E-state index in [1.165, 1.54) is 24.8 Å². The molecule has 0 saturated heterocycles. The van der Waals surface area contributed by atoms with E-state index in [1.807, 2.05) is 13.0 Å². The number of guanidine groups is 1. The highest BCUT2D eigenvalue weighted by Crippen LogP contribution is 2.42. The first-order valence-corrected chi connectivity index (χ1v) is 11.1. The topological polar surface area (TPSA) is 84.0 Å². The number of carbonyl (C=O) groups is 1. The van der Waals surface area contributed by atoms with Crippen LogP contribution in [0.25, 0.3) is 0 Å². The number of benzene rings is 1. The van der Waals surface area contributed by atoms with Crippen molar-refractivity contribution < 1.29 is 14.3 Å². The van der Waals surface area contributed by atoms with Crippen LogP contribution in [0, 0.1) is 0 Å². The van der Waals surface area contributed by atoms with E-state index in [9.17, 15) is 4.79 Å². The van der Waals surface area contributed by atoms with E-state index in [0.717, 1.165) is 50.3 Å². The van der Waals surface area contributed by atoms with Gasteiger partial charge in [0.25, 0.3) is 0 Å². The summed E-state index contributed by atoms with van der Waals surface area (Å²) in [6.45, 7) is 3.69. The van der Waals surface area contributed by atoms with Crippen molar-refractivity contribution >= 4 is 35.8 Å². The van der Waals surface area contributed by atoms with Crippen molar-refractivity contribution in [1.82, 2.24) is 16.0 Å². The number of hydrogen-bond acceptors (Lipinski definition) is 4. The van der Waals surface area contributed by atoms with Crippen LogP contribution < -0.4 is 25.4 Å². The molecule has 1 aromatic carbocycles. The summed E-state index contributed by atoms with van der Waals surface area (Å²) < 4.78 is 11.0. The Hall–Kier alpha value is -1.71. The summed E-state index contributed by atoms with van der Waals surface area (Å²) >= 11 is 0. The molecular weight excluding hydrogens is 507 g/mol. The van der Waals surface area contributed by atoms with Crippen LogP contribution >= 0.6 is 24.0 Å². The lowest BCUT2D eigenvalue weighted by atomic mass is 9.69.